The van der Waals surface area contributed by atoms with Gasteiger partial charge in [-0.1, -0.05) is 37.3 Å². The van der Waals surface area contributed by atoms with Crippen LogP contribution in [0.3, 0.4) is 0 Å². The first kappa shape index (κ1) is 12.6. The van der Waals surface area contributed by atoms with E-state index >= 15 is 0 Å². The number of esters is 1. The largest absolute Gasteiger partial charge is 0.465 e. The molecule has 0 spiro atoms. The molecule has 0 saturated heterocycles. The second kappa shape index (κ2) is 5.23. The van der Waals surface area contributed by atoms with Gasteiger partial charge in [-0.15, -0.1) is 11.3 Å². The Labute approximate surface area is 110 Å². The summed E-state index contributed by atoms with van der Waals surface area (Å²) in [5, 5.41) is 0.526. The van der Waals surface area contributed by atoms with Gasteiger partial charge < -0.3 is 10.5 Å². The van der Waals surface area contributed by atoms with Gasteiger partial charge in [0.15, 0.2) is 0 Å². The number of methoxy groups -OCH3 is 1. The topological polar surface area (TPSA) is 52.3 Å². The summed E-state index contributed by atoms with van der Waals surface area (Å²) in [6.45, 7) is 2.05. The zero-order valence-electron chi connectivity index (χ0n) is 10.4. The van der Waals surface area contributed by atoms with Crippen LogP contribution in [0.2, 0.25) is 0 Å². The maximum atomic E-state index is 11.9. The summed E-state index contributed by atoms with van der Waals surface area (Å²) in [7, 11) is 1.37. The van der Waals surface area contributed by atoms with Crippen LogP contribution in [0.15, 0.2) is 30.3 Å². The zero-order chi connectivity index (χ0) is 13.1. The van der Waals surface area contributed by atoms with Crippen molar-refractivity contribution >= 4 is 22.3 Å². The number of carbonyl (C=O) groups is 1. The lowest BCUT2D eigenvalue weighted by atomic mass is 10.0. The number of hydrogen-bond acceptors (Lipinski definition) is 4. The van der Waals surface area contributed by atoms with E-state index in [4.69, 9.17) is 10.5 Å². The molecule has 0 aliphatic carbocycles. The third kappa shape index (κ3) is 2.11. The fourth-order valence-corrected chi connectivity index (χ4v) is 2.98. The van der Waals surface area contributed by atoms with Gasteiger partial charge in [-0.2, -0.15) is 0 Å². The maximum Gasteiger partial charge on any atom is 0.341 e. The van der Waals surface area contributed by atoms with E-state index in [9.17, 15) is 4.79 Å². The number of benzene rings is 1. The van der Waals surface area contributed by atoms with E-state index < -0.39 is 0 Å². The molecular weight excluding hydrogens is 246 g/mol. The number of anilines is 1. The van der Waals surface area contributed by atoms with Crippen LogP contribution in [0.25, 0.3) is 11.1 Å². The van der Waals surface area contributed by atoms with Crippen LogP contribution >= 0.6 is 11.3 Å². The summed E-state index contributed by atoms with van der Waals surface area (Å²) in [4.78, 5) is 13.0. The Morgan fingerprint density at radius 2 is 2.00 bits per heavy atom. The number of aryl methyl sites for hydroxylation is 1. The van der Waals surface area contributed by atoms with E-state index in [1.54, 1.807) is 0 Å². The molecule has 0 radical (unpaired) electrons. The van der Waals surface area contributed by atoms with E-state index in [0.29, 0.717) is 10.6 Å². The van der Waals surface area contributed by atoms with Crippen molar-refractivity contribution in [2.24, 2.45) is 0 Å². The number of carbonyl (C=O) groups excluding carboxylic acids is 1. The molecule has 94 valence electrons. The van der Waals surface area contributed by atoms with Gasteiger partial charge in [0.05, 0.1) is 7.11 Å². The van der Waals surface area contributed by atoms with Crippen molar-refractivity contribution in [2.45, 2.75) is 13.3 Å². The molecule has 0 amide bonds. The SMILES string of the molecule is CCc1sc(N)c(C(=O)OC)c1-c1ccccc1. The first-order valence-electron chi connectivity index (χ1n) is 5.73. The molecule has 2 N–H and O–H groups in total. The first-order chi connectivity index (χ1) is 8.69. The normalized spacial score (nSPS) is 10.3. The molecule has 0 aliphatic rings. The van der Waals surface area contributed by atoms with Crippen LogP contribution in [0.5, 0.6) is 0 Å². The maximum absolute atomic E-state index is 11.9. The minimum absolute atomic E-state index is 0.373. The van der Waals surface area contributed by atoms with Gasteiger partial charge in [0.1, 0.15) is 10.6 Å². The molecule has 1 heterocycles. The van der Waals surface area contributed by atoms with Gasteiger partial charge in [0.2, 0.25) is 0 Å². The Balaban J connectivity index is 2.67. The average molecular weight is 261 g/mol. The molecule has 0 atom stereocenters. The van der Waals surface area contributed by atoms with Crippen molar-refractivity contribution in [1.29, 1.82) is 0 Å². The predicted molar refractivity (Wildman–Crippen MR) is 74.9 cm³/mol. The van der Waals surface area contributed by atoms with Gasteiger partial charge in [0, 0.05) is 10.4 Å². The smallest absolute Gasteiger partial charge is 0.341 e. The summed E-state index contributed by atoms with van der Waals surface area (Å²) in [5.41, 5.74) is 8.35. The van der Waals surface area contributed by atoms with Crippen LogP contribution in [0, 0.1) is 0 Å². The summed E-state index contributed by atoms with van der Waals surface area (Å²) in [6, 6.07) is 9.80. The number of nitrogen functional groups attached to an aromatic ring is 1. The number of hydrogen-bond donors (Lipinski definition) is 1. The Hall–Kier alpha value is -1.81. The van der Waals surface area contributed by atoms with E-state index in [0.717, 1.165) is 22.4 Å². The fourth-order valence-electron chi connectivity index (χ4n) is 1.96. The minimum atomic E-state index is -0.373. The summed E-state index contributed by atoms with van der Waals surface area (Å²) in [6.07, 6.45) is 0.843. The fraction of sp³-hybridized carbons (Fsp3) is 0.214. The van der Waals surface area contributed by atoms with Crippen LogP contribution in [0.1, 0.15) is 22.2 Å². The molecular formula is C14H15NO2S. The number of rotatable bonds is 3. The van der Waals surface area contributed by atoms with Crippen molar-refractivity contribution in [2.75, 3.05) is 12.8 Å². The second-order valence-corrected chi connectivity index (χ2v) is 4.99. The number of thiophene rings is 1. The second-order valence-electron chi connectivity index (χ2n) is 3.85. The highest BCUT2D eigenvalue weighted by Gasteiger charge is 2.23. The lowest BCUT2D eigenvalue weighted by molar-refractivity contribution is 0.0603. The van der Waals surface area contributed by atoms with Gasteiger partial charge in [-0.25, -0.2) is 4.79 Å². The minimum Gasteiger partial charge on any atom is -0.465 e. The Kier molecular flexibility index (Phi) is 3.67. The molecule has 1 aromatic heterocycles. The molecule has 0 saturated carbocycles. The molecule has 0 fully saturated rings. The molecule has 0 bridgehead atoms. The average Bonchev–Trinajstić information content (AvgIpc) is 2.75. The quantitative estimate of drug-likeness (QED) is 0.862. The third-order valence-corrected chi connectivity index (χ3v) is 3.94. The van der Waals surface area contributed by atoms with E-state index in [-0.39, 0.29) is 5.97 Å². The van der Waals surface area contributed by atoms with Gasteiger partial charge in [0.25, 0.3) is 0 Å². The van der Waals surface area contributed by atoms with Crippen molar-refractivity contribution < 1.29 is 9.53 Å². The molecule has 4 heteroatoms. The van der Waals surface area contributed by atoms with Crippen LogP contribution in [0.4, 0.5) is 5.00 Å². The van der Waals surface area contributed by atoms with E-state index in [1.165, 1.54) is 18.4 Å². The van der Waals surface area contributed by atoms with Crippen LogP contribution in [-0.4, -0.2) is 13.1 Å². The summed E-state index contributed by atoms with van der Waals surface area (Å²) < 4.78 is 4.82. The standard InChI is InChI=1S/C14H15NO2S/c1-3-10-11(9-7-5-4-6-8-9)12(13(15)18-10)14(16)17-2/h4-8H,3,15H2,1-2H3. The molecule has 0 aliphatic heterocycles. The van der Waals surface area contributed by atoms with Crippen molar-refractivity contribution in [3.8, 4) is 11.1 Å². The third-order valence-electron chi connectivity index (χ3n) is 2.78. The molecule has 3 nitrogen and oxygen atoms in total. The van der Waals surface area contributed by atoms with Gasteiger partial charge in [-0.3, -0.25) is 0 Å². The first-order valence-corrected chi connectivity index (χ1v) is 6.55. The Morgan fingerprint density at radius 1 is 1.33 bits per heavy atom. The van der Waals surface area contributed by atoms with Crippen LogP contribution < -0.4 is 5.73 Å². The number of nitrogens with two attached hydrogens (primary N) is 1. The van der Waals surface area contributed by atoms with Crippen molar-refractivity contribution in [3.63, 3.8) is 0 Å². The molecule has 2 rings (SSSR count). The monoisotopic (exact) mass is 261 g/mol. The highest BCUT2D eigenvalue weighted by molar-refractivity contribution is 7.17. The highest BCUT2D eigenvalue weighted by Crippen LogP contribution is 2.39. The number of ether oxygens (including phenoxy) is 1. The predicted octanol–water partition coefficient (Wildman–Crippen LogP) is 3.35. The van der Waals surface area contributed by atoms with Crippen LogP contribution in [-0.2, 0) is 11.2 Å². The molecule has 1 aromatic carbocycles. The Bertz CT molecular complexity index is 561. The molecule has 18 heavy (non-hydrogen) atoms. The lowest BCUT2D eigenvalue weighted by Gasteiger charge is -2.06. The lowest BCUT2D eigenvalue weighted by Crippen LogP contribution is -2.04. The summed E-state index contributed by atoms with van der Waals surface area (Å²) >= 11 is 1.46. The highest BCUT2D eigenvalue weighted by atomic mass is 32.1. The van der Waals surface area contributed by atoms with Gasteiger partial charge >= 0.3 is 5.97 Å². The van der Waals surface area contributed by atoms with Crippen molar-refractivity contribution in [1.82, 2.24) is 0 Å². The Morgan fingerprint density at radius 3 is 2.56 bits per heavy atom. The van der Waals surface area contributed by atoms with E-state index in [1.807, 2.05) is 30.3 Å². The zero-order valence-corrected chi connectivity index (χ0v) is 11.2. The summed E-state index contributed by atoms with van der Waals surface area (Å²) in [5.74, 6) is -0.373. The van der Waals surface area contributed by atoms with Gasteiger partial charge in [-0.05, 0) is 12.0 Å². The van der Waals surface area contributed by atoms with Crippen molar-refractivity contribution in [3.05, 3.63) is 40.8 Å². The molecule has 2 aromatic rings. The molecule has 0 unspecified atom stereocenters. The van der Waals surface area contributed by atoms with E-state index in [2.05, 4.69) is 6.92 Å².